The van der Waals surface area contributed by atoms with Crippen molar-refractivity contribution in [1.29, 1.82) is 0 Å². The van der Waals surface area contributed by atoms with Gasteiger partial charge in [-0.2, -0.15) is 0 Å². The molecule has 3 heteroatoms. The third kappa shape index (κ3) is 1.48. The van der Waals surface area contributed by atoms with Gasteiger partial charge in [0.25, 0.3) is 0 Å². The first-order chi connectivity index (χ1) is 6.17. The van der Waals surface area contributed by atoms with Gasteiger partial charge >= 0.3 is 5.97 Å². The monoisotopic (exact) mass is 181 g/mol. The van der Waals surface area contributed by atoms with Gasteiger partial charge in [0.05, 0.1) is 0 Å². The highest BCUT2D eigenvalue weighted by atomic mass is 16.4. The molecule has 72 valence electrons. The Labute approximate surface area is 78.0 Å². The lowest BCUT2D eigenvalue weighted by Crippen LogP contribution is -2.55. The molecular weight excluding hydrogens is 166 g/mol. The summed E-state index contributed by atoms with van der Waals surface area (Å²) in [7, 11) is 0. The molecule has 1 unspecified atom stereocenters. The van der Waals surface area contributed by atoms with E-state index in [1.165, 1.54) is 12.8 Å². The topological polar surface area (TPSA) is 40.5 Å². The number of rotatable bonds is 4. The van der Waals surface area contributed by atoms with Crippen LogP contribution in [0.3, 0.4) is 0 Å². The van der Waals surface area contributed by atoms with Crippen LogP contribution in [0, 0.1) is 5.41 Å². The van der Waals surface area contributed by atoms with Crippen LogP contribution < -0.4 is 0 Å². The van der Waals surface area contributed by atoms with Gasteiger partial charge in [0.15, 0.2) is 0 Å². The summed E-state index contributed by atoms with van der Waals surface area (Å²) in [6, 6.07) is -0.330. The zero-order chi connectivity index (χ0) is 9.47. The van der Waals surface area contributed by atoms with Crippen molar-refractivity contribution in [1.82, 2.24) is 4.90 Å². The second-order valence-corrected chi connectivity index (χ2v) is 4.28. The quantitative estimate of drug-likeness (QED) is 0.660. The van der Waals surface area contributed by atoms with Crippen LogP contribution >= 0.6 is 0 Å². The Morgan fingerprint density at radius 2 is 2.23 bits per heavy atom. The second-order valence-electron chi connectivity index (χ2n) is 4.28. The first-order valence-electron chi connectivity index (χ1n) is 4.75. The van der Waals surface area contributed by atoms with Crippen molar-refractivity contribution in [3.05, 3.63) is 12.7 Å². The summed E-state index contributed by atoms with van der Waals surface area (Å²) in [4.78, 5) is 12.9. The maximum Gasteiger partial charge on any atom is 0.321 e. The van der Waals surface area contributed by atoms with Gasteiger partial charge in [-0.15, -0.1) is 6.58 Å². The van der Waals surface area contributed by atoms with Gasteiger partial charge in [-0.05, 0) is 24.7 Å². The van der Waals surface area contributed by atoms with Gasteiger partial charge < -0.3 is 5.11 Å². The second kappa shape index (κ2) is 2.84. The number of hydrogen-bond acceptors (Lipinski definition) is 2. The van der Waals surface area contributed by atoms with Gasteiger partial charge in [-0.25, -0.2) is 0 Å². The minimum atomic E-state index is -0.713. The molecule has 2 fully saturated rings. The van der Waals surface area contributed by atoms with Crippen molar-refractivity contribution in [2.75, 3.05) is 13.1 Å². The standard InChI is InChI=1S/C10H15NO2/c1-2-3-8(9(12)13)11-6-10(7-11)4-5-10/h2,8H,1,3-7H2,(H,12,13). The number of aliphatic carboxylic acids is 1. The number of carbonyl (C=O) groups is 1. The maximum atomic E-state index is 10.9. The van der Waals surface area contributed by atoms with Crippen LogP contribution in [0.2, 0.25) is 0 Å². The molecular formula is C10H15NO2. The van der Waals surface area contributed by atoms with E-state index >= 15 is 0 Å². The zero-order valence-electron chi connectivity index (χ0n) is 7.70. The summed E-state index contributed by atoms with van der Waals surface area (Å²) in [5.41, 5.74) is 0.537. The van der Waals surface area contributed by atoms with Crippen molar-refractivity contribution >= 4 is 5.97 Å². The van der Waals surface area contributed by atoms with E-state index in [9.17, 15) is 4.79 Å². The highest BCUT2D eigenvalue weighted by molar-refractivity contribution is 5.74. The molecule has 1 atom stereocenters. The molecule has 1 saturated heterocycles. The Hall–Kier alpha value is -0.830. The highest BCUT2D eigenvalue weighted by Gasteiger charge is 2.54. The molecule has 0 amide bonds. The summed E-state index contributed by atoms with van der Waals surface area (Å²) in [5, 5.41) is 8.94. The number of carboxylic acids is 1. The molecule has 0 aromatic rings. The molecule has 3 nitrogen and oxygen atoms in total. The minimum Gasteiger partial charge on any atom is -0.480 e. The fourth-order valence-electron chi connectivity index (χ4n) is 2.09. The Balaban J connectivity index is 1.89. The molecule has 1 heterocycles. The number of likely N-dealkylation sites (tertiary alicyclic amines) is 1. The van der Waals surface area contributed by atoms with Gasteiger partial charge in [0.2, 0.25) is 0 Å². The molecule has 1 saturated carbocycles. The normalized spacial score (nSPS) is 26.5. The van der Waals surface area contributed by atoms with Crippen LogP contribution in [0.1, 0.15) is 19.3 Å². The average Bonchev–Trinajstić information content (AvgIpc) is 2.76. The van der Waals surface area contributed by atoms with E-state index < -0.39 is 5.97 Å². The largest absolute Gasteiger partial charge is 0.480 e. The molecule has 2 aliphatic rings. The Kier molecular flexibility index (Phi) is 1.91. The van der Waals surface area contributed by atoms with Crippen LogP contribution in [0.5, 0.6) is 0 Å². The van der Waals surface area contributed by atoms with Crippen molar-refractivity contribution in [2.45, 2.75) is 25.3 Å². The van der Waals surface area contributed by atoms with Crippen molar-refractivity contribution in [2.24, 2.45) is 5.41 Å². The van der Waals surface area contributed by atoms with Gasteiger partial charge in [-0.3, -0.25) is 9.69 Å². The van der Waals surface area contributed by atoms with E-state index in [1.54, 1.807) is 6.08 Å². The molecule has 0 radical (unpaired) electrons. The Morgan fingerprint density at radius 1 is 1.62 bits per heavy atom. The summed E-state index contributed by atoms with van der Waals surface area (Å²) in [6.45, 7) is 5.55. The number of hydrogen-bond donors (Lipinski definition) is 1. The lowest BCUT2D eigenvalue weighted by Gasteiger charge is -2.43. The Bertz CT molecular complexity index is 237. The fourth-order valence-corrected chi connectivity index (χ4v) is 2.09. The van der Waals surface area contributed by atoms with Gasteiger partial charge in [0, 0.05) is 13.1 Å². The summed E-state index contributed by atoms with van der Waals surface area (Å²) < 4.78 is 0. The lowest BCUT2D eigenvalue weighted by atomic mass is 9.93. The first kappa shape index (κ1) is 8.75. The number of nitrogens with zero attached hydrogens (tertiary/aromatic N) is 1. The average molecular weight is 181 g/mol. The predicted molar refractivity (Wildman–Crippen MR) is 49.5 cm³/mol. The van der Waals surface area contributed by atoms with Gasteiger partial charge in [-0.1, -0.05) is 6.08 Å². The highest BCUT2D eigenvalue weighted by Crippen LogP contribution is 2.53. The Morgan fingerprint density at radius 3 is 2.62 bits per heavy atom. The molecule has 1 aliphatic carbocycles. The summed E-state index contributed by atoms with van der Waals surface area (Å²) in [6.07, 6.45) is 4.84. The third-order valence-corrected chi connectivity index (χ3v) is 3.15. The third-order valence-electron chi connectivity index (χ3n) is 3.15. The zero-order valence-corrected chi connectivity index (χ0v) is 7.70. The first-order valence-corrected chi connectivity index (χ1v) is 4.75. The van der Waals surface area contributed by atoms with E-state index in [2.05, 4.69) is 11.5 Å². The maximum absolute atomic E-state index is 10.9. The van der Waals surface area contributed by atoms with E-state index in [0.29, 0.717) is 11.8 Å². The van der Waals surface area contributed by atoms with Crippen molar-refractivity contribution in [3.63, 3.8) is 0 Å². The molecule has 1 N–H and O–H groups in total. The molecule has 0 aromatic heterocycles. The fraction of sp³-hybridized carbons (Fsp3) is 0.700. The van der Waals surface area contributed by atoms with E-state index in [4.69, 9.17) is 5.11 Å². The number of carboxylic acid groups (broad SMARTS) is 1. The molecule has 2 rings (SSSR count). The summed E-state index contributed by atoms with van der Waals surface area (Å²) in [5.74, 6) is -0.713. The molecule has 13 heavy (non-hydrogen) atoms. The van der Waals surface area contributed by atoms with Crippen LogP contribution in [0.4, 0.5) is 0 Å². The molecule has 0 aromatic carbocycles. The molecule has 1 aliphatic heterocycles. The van der Waals surface area contributed by atoms with Crippen LogP contribution in [-0.4, -0.2) is 35.1 Å². The van der Waals surface area contributed by atoms with E-state index in [-0.39, 0.29) is 6.04 Å². The minimum absolute atomic E-state index is 0.330. The van der Waals surface area contributed by atoms with Crippen LogP contribution in [-0.2, 0) is 4.79 Å². The molecule has 0 bridgehead atoms. The van der Waals surface area contributed by atoms with E-state index in [1.807, 2.05) is 0 Å². The smallest absolute Gasteiger partial charge is 0.321 e. The predicted octanol–water partition coefficient (Wildman–Crippen LogP) is 1.11. The van der Waals surface area contributed by atoms with Crippen molar-refractivity contribution < 1.29 is 9.90 Å². The summed E-state index contributed by atoms with van der Waals surface area (Å²) >= 11 is 0. The molecule has 1 spiro atoms. The van der Waals surface area contributed by atoms with Gasteiger partial charge in [0.1, 0.15) is 6.04 Å². The van der Waals surface area contributed by atoms with E-state index in [0.717, 1.165) is 13.1 Å². The SMILES string of the molecule is C=CCC(C(=O)O)N1CC2(CC2)C1. The van der Waals surface area contributed by atoms with Crippen LogP contribution in [0.15, 0.2) is 12.7 Å². The van der Waals surface area contributed by atoms with Crippen LogP contribution in [0.25, 0.3) is 0 Å². The van der Waals surface area contributed by atoms with Crippen molar-refractivity contribution in [3.8, 4) is 0 Å². The lowest BCUT2D eigenvalue weighted by molar-refractivity contribution is -0.146.